The molecule has 3 rings (SSSR count). The van der Waals surface area contributed by atoms with Crippen molar-refractivity contribution in [2.75, 3.05) is 10.7 Å². The van der Waals surface area contributed by atoms with E-state index in [0.29, 0.717) is 11.3 Å². The van der Waals surface area contributed by atoms with Gasteiger partial charge in [-0.15, -0.1) is 0 Å². The number of sulfone groups is 1. The molecular weight excluding hydrogens is 334 g/mol. The smallest absolute Gasteiger partial charge is 0.259 e. The first-order chi connectivity index (χ1) is 11.8. The van der Waals surface area contributed by atoms with Crippen molar-refractivity contribution in [3.63, 3.8) is 0 Å². The predicted octanol–water partition coefficient (Wildman–Crippen LogP) is 3.57. The van der Waals surface area contributed by atoms with Gasteiger partial charge < -0.3 is 4.90 Å². The highest BCUT2D eigenvalue weighted by molar-refractivity contribution is 7.94. The Labute approximate surface area is 148 Å². The SMILES string of the molecule is Cc1ccc(N(C(=O)c2ccccc2C)[C@H]2C=CS(=O)(=O)C2)cc1C. The Balaban J connectivity index is 2.09. The zero-order chi connectivity index (χ0) is 18.2. The van der Waals surface area contributed by atoms with E-state index in [1.807, 2.05) is 57.2 Å². The van der Waals surface area contributed by atoms with E-state index in [0.717, 1.165) is 16.7 Å². The van der Waals surface area contributed by atoms with Crippen LogP contribution in [0.3, 0.4) is 0 Å². The zero-order valence-electron chi connectivity index (χ0n) is 14.6. The first-order valence-electron chi connectivity index (χ1n) is 8.16. The van der Waals surface area contributed by atoms with Crippen molar-refractivity contribution in [3.05, 3.63) is 76.2 Å². The summed E-state index contributed by atoms with van der Waals surface area (Å²) in [7, 11) is -3.27. The van der Waals surface area contributed by atoms with Crippen LogP contribution in [0.5, 0.6) is 0 Å². The lowest BCUT2D eigenvalue weighted by Gasteiger charge is -2.29. The second kappa shape index (κ2) is 6.48. The zero-order valence-corrected chi connectivity index (χ0v) is 15.4. The van der Waals surface area contributed by atoms with E-state index in [9.17, 15) is 13.2 Å². The Morgan fingerprint density at radius 3 is 2.32 bits per heavy atom. The number of hydrogen-bond acceptors (Lipinski definition) is 3. The molecular formula is C20H21NO3S. The summed E-state index contributed by atoms with van der Waals surface area (Å²) in [5.74, 6) is -0.273. The maximum atomic E-state index is 13.3. The van der Waals surface area contributed by atoms with E-state index in [1.165, 1.54) is 5.41 Å². The molecule has 0 fully saturated rings. The first-order valence-corrected chi connectivity index (χ1v) is 9.87. The molecule has 2 aromatic carbocycles. The van der Waals surface area contributed by atoms with Crippen LogP contribution >= 0.6 is 0 Å². The van der Waals surface area contributed by atoms with Crippen molar-refractivity contribution >= 4 is 21.4 Å². The maximum Gasteiger partial charge on any atom is 0.259 e. The monoisotopic (exact) mass is 355 g/mol. The number of hydrogen-bond donors (Lipinski definition) is 0. The van der Waals surface area contributed by atoms with Gasteiger partial charge in [0.25, 0.3) is 5.91 Å². The normalized spacial score (nSPS) is 18.3. The van der Waals surface area contributed by atoms with Gasteiger partial charge in [-0.2, -0.15) is 0 Å². The van der Waals surface area contributed by atoms with Crippen molar-refractivity contribution in [2.45, 2.75) is 26.8 Å². The molecule has 25 heavy (non-hydrogen) atoms. The van der Waals surface area contributed by atoms with Crippen LogP contribution < -0.4 is 4.90 Å². The van der Waals surface area contributed by atoms with Gasteiger partial charge in [0.15, 0.2) is 9.84 Å². The largest absolute Gasteiger partial charge is 0.300 e. The van der Waals surface area contributed by atoms with Crippen LogP contribution in [0.2, 0.25) is 0 Å². The molecule has 0 radical (unpaired) electrons. The summed E-state index contributed by atoms with van der Waals surface area (Å²) in [6, 6.07) is 12.6. The van der Waals surface area contributed by atoms with E-state index < -0.39 is 15.9 Å². The van der Waals surface area contributed by atoms with Crippen molar-refractivity contribution in [1.82, 2.24) is 0 Å². The number of amides is 1. The molecule has 130 valence electrons. The van der Waals surface area contributed by atoms with Crippen LogP contribution in [-0.2, 0) is 9.84 Å². The molecule has 1 aliphatic rings. The van der Waals surface area contributed by atoms with Crippen LogP contribution in [0, 0.1) is 20.8 Å². The van der Waals surface area contributed by atoms with Crippen molar-refractivity contribution in [2.24, 2.45) is 0 Å². The third-order valence-electron chi connectivity index (χ3n) is 4.61. The molecule has 2 aromatic rings. The summed E-state index contributed by atoms with van der Waals surface area (Å²) in [5.41, 5.74) is 4.35. The van der Waals surface area contributed by atoms with Gasteiger partial charge in [-0.25, -0.2) is 8.42 Å². The number of rotatable bonds is 3. The lowest BCUT2D eigenvalue weighted by atomic mass is 10.0. The molecule has 1 aliphatic heterocycles. The molecule has 1 heterocycles. The summed E-state index contributed by atoms with van der Waals surface area (Å²) in [4.78, 5) is 14.9. The summed E-state index contributed by atoms with van der Waals surface area (Å²) in [5, 5.41) is 1.21. The molecule has 0 saturated carbocycles. The van der Waals surface area contributed by atoms with Gasteiger partial charge in [-0.05, 0) is 61.7 Å². The molecule has 4 nitrogen and oxygen atoms in total. The molecule has 0 saturated heterocycles. The van der Waals surface area contributed by atoms with E-state index in [1.54, 1.807) is 17.0 Å². The second-order valence-electron chi connectivity index (χ2n) is 6.48. The predicted molar refractivity (Wildman–Crippen MR) is 101 cm³/mol. The van der Waals surface area contributed by atoms with Gasteiger partial charge in [0.05, 0.1) is 11.8 Å². The van der Waals surface area contributed by atoms with E-state index in [4.69, 9.17) is 0 Å². The minimum atomic E-state index is -3.27. The Bertz CT molecular complexity index is 961. The fourth-order valence-electron chi connectivity index (χ4n) is 3.00. The average molecular weight is 355 g/mol. The number of anilines is 1. The molecule has 0 aliphatic carbocycles. The average Bonchev–Trinajstić information content (AvgIpc) is 2.91. The molecule has 1 atom stereocenters. The Morgan fingerprint density at radius 2 is 1.72 bits per heavy atom. The van der Waals surface area contributed by atoms with Gasteiger partial charge in [0, 0.05) is 16.7 Å². The quantitative estimate of drug-likeness (QED) is 0.846. The second-order valence-corrected chi connectivity index (χ2v) is 8.42. The number of benzene rings is 2. The van der Waals surface area contributed by atoms with Gasteiger partial charge in [-0.1, -0.05) is 24.3 Å². The van der Waals surface area contributed by atoms with E-state index in [-0.39, 0.29) is 11.7 Å². The highest BCUT2D eigenvalue weighted by Gasteiger charge is 2.32. The minimum Gasteiger partial charge on any atom is -0.300 e. The van der Waals surface area contributed by atoms with Gasteiger partial charge in [0.1, 0.15) is 0 Å². The fourth-order valence-corrected chi connectivity index (χ4v) is 4.27. The number of aryl methyl sites for hydroxylation is 3. The molecule has 5 heteroatoms. The molecule has 0 bridgehead atoms. The van der Waals surface area contributed by atoms with Crippen molar-refractivity contribution in [1.29, 1.82) is 0 Å². The Morgan fingerprint density at radius 1 is 1.00 bits per heavy atom. The van der Waals surface area contributed by atoms with E-state index in [2.05, 4.69) is 0 Å². The minimum absolute atomic E-state index is 0.0858. The maximum absolute atomic E-state index is 13.3. The fraction of sp³-hybridized carbons (Fsp3) is 0.250. The Hall–Kier alpha value is -2.40. The van der Waals surface area contributed by atoms with Crippen molar-refractivity contribution < 1.29 is 13.2 Å². The van der Waals surface area contributed by atoms with Crippen LogP contribution in [0.15, 0.2) is 53.9 Å². The van der Waals surface area contributed by atoms with Crippen molar-refractivity contribution in [3.8, 4) is 0 Å². The third kappa shape index (κ3) is 3.51. The molecule has 0 aromatic heterocycles. The summed E-state index contributed by atoms with van der Waals surface area (Å²) < 4.78 is 23.8. The summed E-state index contributed by atoms with van der Waals surface area (Å²) >= 11 is 0. The standard InChI is InChI=1S/C20H21NO3S/c1-14-8-9-17(12-16(14)3)21(18-10-11-25(23,24)13-18)20(22)19-7-5-4-6-15(19)2/h4-12,18H,13H2,1-3H3/t18-/m0/s1. The third-order valence-corrected chi connectivity index (χ3v) is 5.98. The number of carbonyl (C=O) groups is 1. The molecule has 0 spiro atoms. The van der Waals surface area contributed by atoms with Crippen LogP contribution in [0.1, 0.15) is 27.0 Å². The van der Waals surface area contributed by atoms with Crippen LogP contribution in [-0.4, -0.2) is 26.1 Å². The van der Waals surface area contributed by atoms with Gasteiger partial charge in [-0.3, -0.25) is 4.79 Å². The lowest BCUT2D eigenvalue weighted by molar-refractivity contribution is 0.0982. The number of nitrogens with zero attached hydrogens (tertiary/aromatic N) is 1. The highest BCUT2D eigenvalue weighted by Crippen LogP contribution is 2.27. The molecule has 0 N–H and O–H groups in total. The van der Waals surface area contributed by atoms with Gasteiger partial charge in [0.2, 0.25) is 0 Å². The summed E-state index contributed by atoms with van der Waals surface area (Å²) in [6.45, 7) is 5.87. The topological polar surface area (TPSA) is 54.5 Å². The number of carbonyl (C=O) groups excluding carboxylic acids is 1. The van der Waals surface area contributed by atoms with E-state index >= 15 is 0 Å². The molecule has 1 amide bonds. The molecule has 0 unspecified atom stereocenters. The lowest BCUT2D eigenvalue weighted by Crippen LogP contribution is -2.41. The van der Waals surface area contributed by atoms with Gasteiger partial charge >= 0.3 is 0 Å². The first kappa shape index (κ1) is 17.4. The highest BCUT2D eigenvalue weighted by atomic mass is 32.2. The van der Waals surface area contributed by atoms with Crippen LogP contribution in [0.25, 0.3) is 0 Å². The summed E-state index contributed by atoms with van der Waals surface area (Å²) in [6.07, 6.45) is 1.60. The Kier molecular flexibility index (Phi) is 4.52. The van der Waals surface area contributed by atoms with Crippen LogP contribution in [0.4, 0.5) is 5.69 Å².